The van der Waals surface area contributed by atoms with Gasteiger partial charge in [-0.2, -0.15) is 0 Å². The lowest BCUT2D eigenvalue weighted by molar-refractivity contribution is -0.245. The number of carbonyl (C=O) groups excluding carboxylic acids is 1. The molecule has 1 amide bonds. The van der Waals surface area contributed by atoms with Crippen molar-refractivity contribution in [1.29, 1.82) is 0 Å². The molecule has 218 valence electrons. The number of nitrogens with one attached hydrogen (secondary N) is 2. The van der Waals surface area contributed by atoms with E-state index >= 15 is 0 Å². The maximum Gasteiger partial charge on any atom is 0.261 e. The molecule has 3 unspecified atom stereocenters. The Morgan fingerprint density at radius 1 is 0.881 bits per heavy atom. The van der Waals surface area contributed by atoms with Gasteiger partial charge in [0.05, 0.1) is 23.7 Å². The van der Waals surface area contributed by atoms with Crippen LogP contribution in [0.4, 0.5) is 11.4 Å². The maximum absolute atomic E-state index is 12.9. The van der Waals surface area contributed by atoms with Gasteiger partial charge in [-0.25, -0.2) is 8.42 Å². The molecule has 4 aromatic rings. The van der Waals surface area contributed by atoms with Crippen molar-refractivity contribution in [2.75, 3.05) is 15.8 Å². The summed E-state index contributed by atoms with van der Waals surface area (Å²) in [5.74, 6) is 0.539. The SMILES string of the molecule is CC(=O)Nc1ccc(SCC2CC(c3ccc(CO)cc3)OC(c3cccc(NS(=O)(=O)c4ccccc4)c3)O2)cc1. The Morgan fingerprint density at radius 3 is 2.31 bits per heavy atom. The Hall–Kier alpha value is -3.67. The summed E-state index contributed by atoms with van der Waals surface area (Å²) >= 11 is 1.65. The summed E-state index contributed by atoms with van der Waals surface area (Å²) in [6, 6.07) is 30.6. The summed E-state index contributed by atoms with van der Waals surface area (Å²) in [4.78, 5) is 12.5. The number of aliphatic hydroxyl groups is 1. The van der Waals surface area contributed by atoms with Crippen molar-refractivity contribution in [3.8, 4) is 0 Å². The summed E-state index contributed by atoms with van der Waals surface area (Å²) in [7, 11) is -3.76. The Bertz CT molecular complexity index is 1600. The topological polar surface area (TPSA) is 114 Å². The third-order valence-electron chi connectivity index (χ3n) is 6.69. The summed E-state index contributed by atoms with van der Waals surface area (Å²) in [6.45, 7) is 1.44. The highest BCUT2D eigenvalue weighted by Crippen LogP contribution is 2.40. The van der Waals surface area contributed by atoms with Gasteiger partial charge in [-0.05, 0) is 59.7 Å². The van der Waals surface area contributed by atoms with Gasteiger partial charge in [0.2, 0.25) is 5.91 Å². The normalized spacial score (nSPS) is 18.8. The van der Waals surface area contributed by atoms with Crippen molar-refractivity contribution in [2.24, 2.45) is 0 Å². The molecule has 1 aliphatic rings. The van der Waals surface area contributed by atoms with E-state index < -0.39 is 16.3 Å². The van der Waals surface area contributed by atoms with Crippen LogP contribution in [-0.2, 0) is 30.9 Å². The predicted octanol–water partition coefficient (Wildman–Crippen LogP) is 6.28. The van der Waals surface area contributed by atoms with Crippen LogP contribution in [0.1, 0.15) is 42.4 Å². The lowest BCUT2D eigenvalue weighted by Gasteiger charge is -2.36. The van der Waals surface area contributed by atoms with Crippen molar-refractivity contribution >= 4 is 39.1 Å². The number of carbonyl (C=O) groups is 1. The second kappa shape index (κ2) is 13.5. The smallest absolute Gasteiger partial charge is 0.261 e. The fourth-order valence-electron chi connectivity index (χ4n) is 4.61. The van der Waals surface area contributed by atoms with E-state index in [-0.39, 0.29) is 29.6 Å². The van der Waals surface area contributed by atoms with E-state index in [4.69, 9.17) is 9.47 Å². The molecule has 0 bridgehead atoms. The molecule has 10 heteroatoms. The molecule has 0 aromatic heterocycles. The first kappa shape index (κ1) is 29.8. The van der Waals surface area contributed by atoms with Crippen molar-refractivity contribution < 1.29 is 27.8 Å². The van der Waals surface area contributed by atoms with Gasteiger partial charge in [-0.15, -0.1) is 11.8 Å². The van der Waals surface area contributed by atoms with Crippen LogP contribution in [0.25, 0.3) is 0 Å². The Morgan fingerprint density at radius 2 is 1.62 bits per heavy atom. The van der Waals surface area contributed by atoms with Crippen LogP contribution in [0.15, 0.2) is 113 Å². The quantitative estimate of drug-likeness (QED) is 0.183. The van der Waals surface area contributed by atoms with Crippen LogP contribution >= 0.6 is 11.8 Å². The molecule has 0 saturated carbocycles. The zero-order valence-electron chi connectivity index (χ0n) is 23.0. The van der Waals surface area contributed by atoms with Gasteiger partial charge in [0.25, 0.3) is 10.0 Å². The van der Waals surface area contributed by atoms with Crippen molar-refractivity contribution in [3.05, 3.63) is 120 Å². The minimum Gasteiger partial charge on any atom is -0.392 e. The zero-order valence-corrected chi connectivity index (χ0v) is 24.6. The first-order valence-electron chi connectivity index (χ1n) is 13.5. The van der Waals surface area contributed by atoms with E-state index in [9.17, 15) is 18.3 Å². The molecule has 1 heterocycles. The summed E-state index contributed by atoms with van der Waals surface area (Å²) < 4.78 is 41.3. The summed E-state index contributed by atoms with van der Waals surface area (Å²) in [6.07, 6.45) is -0.549. The molecule has 1 aliphatic heterocycles. The van der Waals surface area contributed by atoms with Crippen LogP contribution in [0.3, 0.4) is 0 Å². The molecule has 1 saturated heterocycles. The number of rotatable bonds is 10. The molecule has 8 nitrogen and oxygen atoms in total. The number of benzene rings is 4. The number of thioether (sulfide) groups is 1. The van der Waals surface area contributed by atoms with E-state index in [2.05, 4.69) is 10.0 Å². The van der Waals surface area contributed by atoms with Gasteiger partial charge < -0.3 is 19.9 Å². The van der Waals surface area contributed by atoms with Crippen LogP contribution in [0.5, 0.6) is 0 Å². The van der Waals surface area contributed by atoms with Crippen molar-refractivity contribution in [1.82, 2.24) is 0 Å². The third kappa shape index (κ3) is 7.78. The highest BCUT2D eigenvalue weighted by molar-refractivity contribution is 7.99. The minimum atomic E-state index is -3.76. The van der Waals surface area contributed by atoms with Gasteiger partial charge in [-0.3, -0.25) is 9.52 Å². The first-order chi connectivity index (χ1) is 20.3. The van der Waals surface area contributed by atoms with Crippen molar-refractivity contribution in [3.63, 3.8) is 0 Å². The molecule has 1 fully saturated rings. The Balaban J connectivity index is 1.34. The first-order valence-corrected chi connectivity index (χ1v) is 15.9. The average Bonchev–Trinajstić information content (AvgIpc) is 3.01. The highest BCUT2D eigenvalue weighted by Gasteiger charge is 2.32. The number of amides is 1. The Kier molecular flexibility index (Phi) is 9.61. The summed E-state index contributed by atoms with van der Waals surface area (Å²) in [5.41, 5.74) is 3.62. The van der Waals surface area contributed by atoms with E-state index in [1.165, 1.54) is 6.92 Å². The van der Waals surface area contributed by atoms with Gasteiger partial charge in [0, 0.05) is 40.9 Å². The number of ether oxygens (including phenoxy) is 2. The van der Waals surface area contributed by atoms with E-state index in [0.29, 0.717) is 23.4 Å². The predicted molar refractivity (Wildman–Crippen MR) is 164 cm³/mol. The largest absolute Gasteiger partial charge is 0.392 e. The molecular formula is C32H32N2O6S2. The lowest BCUT2D eigenvalue weighted by atomic mass is 10.0. The monoisotopic (exact) mass is 604 g/mol. The molecule has 0 aliphatic carbocycles. The average molecular weight is 605 g/mol. The van der Waals surface area contributed by atoms with Crippen LogP contribution in [0, 0.1) is 0 Å². The molecule has 0 radical (unpaired) electrons. The third-order valence-corrected chi connectivity index (χ3v) is 9.23. The zero-order chi connectivity index (χ0) is 29.5. The molecule has 3 N–H and O–H groups in total. The molecule has 42 heavy (non-hydrogen) atoms. The van der Waals surface area contributed by atoms with E-state index in [1.54, 1.807) is 60.3 Å². The molecular weight excluding hydrogens is 572 g/mol. The second-order valence-corrected chi connectivity index (χ2v) is 12.7. The number of hydrogen-bond donors (Lipinski definition) is 3. The van der Waals surface area contributed by atoms with Crippen molar-refractivity contribution in [2.45, 2.75) is 48.2 Å². The van der Waals surface area contributed by atoms with Crippen LogP contribution in [0.2, 0.25) is 0 Å². The van der Waals surface area contributed by atoms with Crippen LogP contribution < -0.4 is 10.0 Å². The number of sulfonamides is 1. The van der Waals surface area contributed by atoms with Gasteiger partial charge >= 0.3 is 0 Å². The van der Waals surface area contributed by atoms with Crippen LogP contribution in [-0.4, -0.2) is 31.3 Å². The molecule has 0 spiro atoms. The fraction of sp³-hybridized carbons (Fsp3) is 0.219. The van der Waals surface area contributed by atoms with Gasteiger partial charge in [0.1, 0.15) is 0 Å². The number of anilines is 2. The fourth-order valence-corrected chi connectivity index (χ4v) is 6.60. The standard InChI is InChI=1S/C32H32N2O6S2/c1-22(36)33-26-14-16-29(17-15-26)41-21-28-19-31(24-12-10-23(20-35)11-13-24)40-32(39-28)25-6-5-7-27(18-25)34-42(37,38)30-8-3-2-4-9-30/h2-18,28,31-32,34-35H,19-21H2,1H3,(H,33,36). The second-order valence-electron chi connectivity index (χ2n) is 9.91. The van der Waals surface area contributed by atoms with E-state index in [0.717, 1.165) is 21.7 Å². The molecule has 4 aromatic carbocycles. The lowest BCUT2D eigenvalue weighted by Crippen LogP contribution is -2.31. The number of aliphatic hydroxyl groups excluding tert-OH is 1. The maximum atomic E-state index is 12.9. The highest BCUT2D eigenvalue weighted by atomic mass is 32.2. The Labute approximate surface area is 250 Å². The van der Waals surface area contributed by atoms with E-state index in [1.807, 2.05) is 54.6 Å². The molecule has 5 rings (SSSR count). The summed E-state index contributed by atoms with van der Waals surface area (Å²) in [5, 5.41) is 12.2. The van der Waals surface area contributed by atoms with Gasteiger partial charge in [-0.1, -0.05) is 54.6 Å². The number of hydrogen-bond acceptors (Lipinski definition) is 7. The van der Waals surface area contributed by atoms with Gasteiger partial charge in [0.15, 0.2) is 6.29 Å². The molecule has 3 atom stereocenters. The minimum absolute atomic E-state index is 0.0385.